The molecule has 0 bridgehead atoms. The number of benzene rings is 2. The lowest BCUT2D eigenvalue weighted by Gasteiger charge is -2.26. The molecule has 0 aliphatic rings. The molecule has 0 spiro atoms. The summed E-state index contributed by atoms with van der Waals surface area (Å²) in [6, 6.07) is 15.0. The van der Waals surface area contributed by atoms with Crippen molar-refractivity contribution in [2.45, 2.75) is 40.7 Å². The van der Waals surface area contributed by atoms with Crippen molar-refractivity contribution in [1.82, 2.24) is 0 Å². The van der Waals surface area contributed by atoms with Gasteiger partial charge >= 0.3 is 0 Å². The van der Waals surface area contributed by atoms with Crippen LogP contribution in [0.5, 0.6) is 0 Å². The summed E-state index contributed by atoms with van der Waals surface area (Å²) < 4.78 is 6.30. The van der Waals surface area contributed by atoms with Crippen LogP contribution in [-0.4, -0.2) is 9.76 Å². The fourth-order valence-electron chi connectivity index (χ4n) is 2.81. The van der Waals surface area contributed by atoms with Crippen LogP contribution in [0.15, 0.2) is 42.5 Å². The Morgan fingerprint density at radius 2 is 1.48 bits per heavy atom. The van der Waals surface area contributed by atoms with Crippen LogP contribution in [0.2, 0.25) is 0 Å². The van der Waals surface area contributed by atoms with Crippen molar-refractivity contribution in [2.24, 2.45) is 5.92 Å². The van der Waals surface area contributed by atoms with Gasteiger partial charge in [-0.2, -0.15) is 0 Å². The van der Waals surface area contributed by atoms with Crippen LogP contribution in [0.4, 0.5) is 0 Å². The molecule has 2 radical (unpaired) electrons. The lowest BCUT2D eigenvalue weighted by molar-refractivity contribution is 0.163. The van der Waals surface area contributed by atoms with E-state index in [0.29, 0.717) is 15.7 Å². The molecule has 0 aliphatic carbocycles. The van der Waals surface area contributed by atoms with Gasteiger partial charge in [0.2, 0.25) is 0 Å². The van der Waals surface area contributed by atoms with Crippen molar-refractivity contribution in [2.75, 3.05) is 0 Å². The molecule has 0 amide bonds. The predicted octanol–water partition coefficient (Wildman–Crippen LogP) is 4.27. The molecule has 2 aromatic rings. The largest absolute Gasteiger partial charge is 0.404 e. The zero-order chi connectivity index (χ0) is 15.4. The van der Waals surface area contributed by atoms with E-state index in [1.165, 1.54) is 27.4 Å². The maximum Gasteiger partial charge on any atom is 0.269 e. The van der Waals surface area contributed by atoms with Gasteiger partial charge in [-0.05, 0) is 48.6 Å². The Morgan fingerprint density at radius 1 is 0.905 bits per heavy atom. The third-order valence-corrected chi connectivity index (χ3v) is 4.65. The minimum absolute atomic E-state index is 0.157. The van der Waals surface area contributed by atoms with Crippen LogP contribution in [0, 0.1) is 26.7 Å². The van der Waals surface area contributed by atoms with Crippen molar-refractivity contribution in [3.05, 3.63) is 64.7 Å². The molecule has 0 saturated heterocycles. The van der Waals surface area contributed by atoms with Crippen LogP contribution in [-0.2, 0) is 4.43 Å². The molecule has 2 rings (SSSR count). The molecule has 1 unspecified atom stereocenters. The lowest BCUT2D eigenvalue weighted by Crippen LogP contribution is -2.23. The quantitative estimate of drug-likeness (QED) is 0.749. The van der Waals surface area contributed by atoms with Gasteiger partial charge < -0.3 is 4.43 Å². The second-order valence-electron chi connectivity index (χ2n) is 6.06. The van der Waals surface area contributed by atoms with E-state index < -0.39 is 0 Å². The topological polar surface area (TPSA) is 9.23 Å². The fraction of sp³-hybridized carbons (Fsp3) is 0.368. The Bertz CT molecular complexity index is 567. The monoisotopic (exact) mass is 296 g/mol. The highest BCUT2D eigenvalue weighted by atomic mass is 28.2. The van der Waals surface area contributed by atoms with E-state index in [0.717, 1.165) is 0 Å². The maximum atomic E-state index is 6.30. The van der Waals surface area contributed by atoms with Crippen LogP contribution in [0.1, 0.15) is 42.2 Å². The maximum absolute atomic E-state index is 6.30. The van der Waals surface area contributed by atoms with E-state index >= 15 is 0 Å². The number of rotatable bonds is 5. The number of hydrogen-bond acceptors (Lipinski definition) is 1. The summed E-state index contributed by atoms with van der Waals surface area (Å²) in [5, 5.41) is 1.26. The molecule has 0 aliphatic heterocycles. The van der Waals surface area contributed by atoms with Crippen LogP contribution in [0.25, 0.3) is 0 Å². The van der Waals surface area contributed by atoms with Gasteiger partial charge in [0, 0.05) is 0 Å². The first-order chi connectivity index (χ1) is 9.99. The summed E-state index contributed by atoms with van der Waals surface area (Å²) in [6.45, 7) is 11.0. The Labute approximate surface area is 131 Å². The molecular formula is C19H24OSi. The first-order valence-electron chi connectivity index (χ1n) is 7.53. The smallest absolute Gasteiger partial charge is 0.269 e. The van der Waals surface area contributed by atoms with Gasteiger partial charge in [0.1, 0.15) is 0 Å². The van der Waals surface area contributed by atoms with Gasteiger partial charge in [-0.25, -0.2) is 0 Å². The second kappa shape index (κ2) is 7.06. The van der Waals surface area contributed by atoms with E-state index in [1.54, 1.807) is 0 Å². The van der Waals surface area contributed by atoms with Crippen LogP contribution >= 0.6 is 0 Å². The summed E-state index contributed by atoms with van der Waals surface area (Å²) in [7, 11) is 0.393. The minimum Gasteiger partial charge on any atom is -0.404 e. The minimum atomic E-state index is 0.157. The zero-order valence-corrected chi connectivity index (χ0v) is 14.6. The standard InChI is InChI=1S/C19H24OSi/c1-13(2)19(20-21-17-9-7-6-8-10-17)18-15(4)11-14(3)12-16(18)5/h6-13,19H,1-5H3. The highest BCUT2D eigenvalue weighted by molar-refractivity contribution is 6.46. The summed E-state index contributed by atoms with van der Waals surface area (Å²) in [6.07, 6.45) is 0.157. The van der Waals surface area contributed by atoms with Gasteiger partial charge in [0.05, 0.1) is 6.10 Å². The third kappa shape index (κ3) is 4.05. The molecule has 0 saturated carbocycles. The van der Waals surface area contributed by atoms with E-state index in [9.17, 15) is 0 Å². The first-order valence-corrected chi connectivity index (χ1v) is 8.44. The molecule has 0 aromatic heterocycles. The molecule has 0 heterocycles. The Morgan fingerprint density at radius 3 is 2.00 bits per heavy atom. The molecule has 21 heavy (non-hydrogen) atoms. The molecule has 1 atom stereocenters. The van der Waals surface area contributed by atoms with Gasteiger partial charge in [-0.1, -0.05) is 61.9 Å². The van der Waals surface area contributed by atoms with Crippen molar-refractivity contribution in [3.8, 4) is 0 Å². The average molecular weight is 296 g/mol. The fourth-order valence-corrected chi connectivity index (χ4v) is 3.79. The molecular weight excluding hydrogens is 272 g/mol. The van der Waals surface area contributed by atoms with Crippen molar-refractivity contribution in [1.29, 1.82) is 0 Å². The van der Waals surface area contributed by atoms with Crippen LogP contribution in [0.3, 0.4) is 0 Å². The third-order valence-electron chi connectivity index (χ3n) is 3.71. The molecule has 2 heteroatoms. The number of aryl methyl sites for hydroxylation is 3. The molecule has 1 nitrogen and oxygen atoms in total. The molecule has 0 fully saturated rings. The summed E-state index contributed by atoms with van der Waals surface area (Å²) >= 11 is 0. The SMILES string of the molecule is Cc1cc(C)c(C(O[Si]c2ccccc2)C(C)C)c(C)c1. The van der Waals surface area contributed by atoms with Crippen molar-refractivity contribution >= 4 is 14.9 Å². The van der Waals surface area contributed by atoms with E-state index in [2.05, 4.69) is 71.0 Å². The highest BCUT2D eigenvalue weighted by Gasteiger charge is 2.21. The van der Waals surface area contributed by atoms with Gasteiger partial charge in [0.25, 0.3) is 9.76 Å². The summed E-state index contributed by atoms with van der Waals surface area (Å²) in [5.41, 5.74) is 5.36. The Hall–Kier alpha value is -1.38. The van der Waals surface area contributed by atoms with Gasteiger partial charge in [-0.3, -0.25) is 0 Å². The molecule has 2 aromatic carbocycles. The number of hydrogen-bond donors (Lipinski definition) is 0. The van der Waals surface area contributed by atoms with Gasteiger partial charge in [-0.15, -0.1) is 0 Å². The van der Waals surface area contributed by atoms with Crippen molar-refractivity contribution in [3.63, 3.8) is 0 Å². The normalized spacial score (nSPS) is 12.7. The van der Waals surface area contributed by atoms with Crippen LogP contribution < -0.4 is 5.19 Å². The Balaban J connectivity index is 2.24. The first kappa shape index (κ1) is 16.0. The zero-order valence-electron chi connectivity index (χ0n) is 13.6. The van der Waals surface area contributed by atoms with Crippen molar-refractivity contribution < 1.29 is 4.43 Å². The second-order valence-corrected chi connectivity index (χ2v) is 7.08. The Kier molecular flexibility index (Phi) is 5.37. The summed E-state index contributed by atoms with van der Waals surface area (Å²) in [5.74, 6) is 0.460. The predicted molar refractivity (Wildman–Crippen MR) is 91.1 cm³/mol. The van der Waals surface area contributed by atoms with Gasteiger partial charge in [0.15, 0.2) is 0 Å². The van der Waals surface area contributed by atoms with E-state index in [4.69, 9.17) is 4.43 Å². The lowest BCUT2D eigenvalue weighted by atomic mass is 9.90. The average Bonchev–Trinajstić information content (AvgIpc) is 2.42. The highest BCUT2D eigenvalue weighted by Crippen LogP contribution is 2.31. The molecule has 0 N–H and O–H groups in total. The van der Waals surface area contributed by atoms with E-state index in [1.807, 2.05) is 6.07 Å². The summed E-state index contributed by atoms with van der Waals surface area (Å²) in [4.78, 5) is 0. The van der Waals surface area contributed by atoms with E-state index in [-0.39, 0.29) is 6.10 Å². The molecule has 110 valence electrons.